The maximum Gasteiger partial charge on any atom is 0.233 e. The lowest BCUT2D eigenvalue weighted by molar-refractivity contribution is -0.135. The summed E-state index contributed by atoms with van der Waals surface area (Å²) in [5.74, 6) is 2.25. The fraction of sp³-hybridized carbons (Fsp3) is 0.550. The number of halogens is 2. The minimum Gasteiger partial charge on any atom is -0.342 e. The standard InChI is InChI=1S/C20H24FN5O.ClH/c21-16-4-2-1-3-15(16)20(7-8-20)19(27)25-10-5-14(6-11-25)18-24-23-17-13-22-9-12-26(17)18;/h1-4,14,22H,5-13H2;1H. The number of piperidine rings is 1. The quantitative estimate of drug-likeness (QED) is 0.851. The summed E-state index contributed by atoms with van der Waals surface area (Å²) in [4.78, 5) is 15.1. The Morgan fingerprint density at radius 2 is 1.89 bits per heavy atom. The van der Waals surface area contributed by atoms with Gasteiger partial charge in [0, 0.05) is 37.7 Å². The van der Waals surface area contributed by atoms with Gasteiger partial charge in [-0.15, -0.1) is 22.6 Å². The highest BCUT2D eigenvalue weighted by molar-refractivity contribution is 5.91. The van der Waals surface area contributed by atoms with E-state index >= 15 is 0 Å². The number of hydrogen-bond acceptors (Lipinski definition) is 4. The molecule has 6 nitrogen and oxygen atoms in total. The number of likely N-dealkylation sites (tertiary alicyclic amines) is 1. The zero-order valence-electron chi connectivity index (χ0n) is 15.7. The minimum absolute atomic E-state index is 0. The molecule has 5 rings (SSSR count). The maximum absolute atomic E-state index is 14.3. The van der Waals surface area contributed by atoms with Gasteiger partial charge in [0.1, 0.15) is 17.5 Å². The Morgan fingerprint density at radius 3 is 2.61 bits per heavy atom. The molecule has 150 valence electrons. The average molecular weight is 406 g/mol. The molecule has 0 bridgehead atoms. The number of benzene rings is 1. The van der Waals surface area contributed by atoms with Crippen LogP contribution in [0.2, 0.25) is 0 Å². The van der Waals surface area contributed by atoms with Crippen LogP contribution < -0.4 is 5.32 Å². The number of amides is 1. The summed E-state index contributed by atoms with van der Waals surface area (Å²) in [7, 11) is 0. The maximum atomic E-state index is 14.3. The number of fused-ring (bicyclic) bond motifs is 1. The first-order chi connectivity index (χ1) is 13.2. The molecule has 8 heteroatoms. The minimum atomic E-state index is -0.627. The van der Waals surface area contributed by atoms with Crippen molar-refractivity contribution in [1.82, 2.24) is 25.0 Å². The normalized spacial score (nSPS) is 21.0. The van der Waals surface area contributed by atoms with Crippen LogP contribution in [0.1, 0.15) is 48.8 Å². The summed E-state index contributed by atoms with van der Waals surface area (Å²) in [6.45, 7) is 4.05. The molecule has 0 unspecified atom stereocenters. The van der Waals surface area contributed by atoms with Gasteiger partial charge in [-0.05, 0) is 31.7 Å². The molecule has 28 heavy (non-hydrogen) atoms. The largest absolute Gasteiger partial charge is 0.342 e. The fourth-order valence-electron chi connectivity index (χ4n) is 4.63. The van der Waals surface area contributed by atoms with Crippen molar-refractivity contribution in [2.45, 2.75) is 50.1 Å². The van der Waals surface area contributed by atoms with Crippen LogP contribution in [-0.4, -0.2) is 45.2 Å². The topological polar surface area (TPSA) is 63.1 Å². The van der Waals surface area contributed by atoms with Crippen LogP contribution >= 0.6 is 12.4 Å². The van der Waals surface area contributed by atoms with Crippen LogP contribution in [-0.2, 0) is 23.3 Å². The van der Waals surface area contributed by atoms with E-state index in [1.54, 1.807) is 12.1 Å². The lowest BCUT2D eigenvalue weighted by Gasteiger charge is -2.34. The van der Waals surface area contributed by atoms with Crippen LogP contribution in [0.25, 0.3) is 0 Å². The third-order valence-electron chi connectivity index (χ3n) is 6.35. The molecule has 1 N–H and O–H groups in total. The first kappa shape index (κ1) is 19.3. The lowest BCUT2D eigenvalue weighted by atomic mass is 9.90. The molecule has 1 amide bonds. The van der Waals surface area contributed by atoms with Gasteiger partial charge in [0.2, 0.25) is 5.91 Å². The predicted octanol–water partition coefficient (Wildman–Crippen LogP) is 2.38. The first-order valence-electron chi connectivity index (χ1n) is 9.86. The Kier molecular flexibility index (Phi) is 5.14. The summed E-state index contributed by atoms with van der Waals surface area (Å²) >= 11 is 0. The van der Waals surface area contributed by atoms with E-state index < -0.39 is 5.41 Å². The van der Waals surface area contributed by atoms with E-state index in [4.69, 9.17) is 0 Å². The summed E-state index contributed by atoms with van der Waals surface area (Å²) in [6, 6.07) is 6.72. The van der Waals surface area contributed by atoms with Gasteiger partial charge >= 0.3 is 0 Å². The van der Waals surface area contributed by atoms with Gasteiger partial charge in [-0.2, -0.15) is 0 Å². The van der Waals surface area contributed by atoms with E-state index in [9.17, 15) is 9.18 Å². The monoisotopic (exact) mass is 405 g/mol. The van der Waals surface area contributed by atoms with Crippen molar-refractivity contribution in [3.8, 4) is 0 Å². The van der Waals surface area contributed by atoms with Crippen LogP contribution in [0, 0.1) is 5.82 Å². The van der Waals surface area contributed by atoms with Gasteiger partial charge in [0.05, 0.1) is 12.0 Å². The van der Waals surface area contributed by atoms with E-state index in [1.807, 2.05) is 11.0 Å². The first-order valence-corrected chi connectivity index (χ1v) is 9.86. The van der Waals surface area contributed by atoms with E-state index in [0.717, 1.165) is 57.0 Å². The number of nitrogens with zero attached hydrogens (tertiary/aromatic N) is 4. The highest BCUT2D eigenvalue weighted by Gasteiger charge is 2.54. The van der Waals surface area contributed by atoms with E-state index in [2.05, 4.69) is 20.1 Å². The molecule has 1 saturated heterocycles. The number of carbonyl (C=O) groups is 1. The Morgan fingerprint density at radius 1 is 1.14 bits per heavy atom. The second-order valence-corrected chi connectivity index (χ2v) is 7.93. The molecule has 1 saturated carbocycles. The summed E-state index contributed by atoms with van der Waals surface area (Å²) in [5, 5.41) is 12.1. The highest BCUT2D eigenvalue weighted by atomic mass is 35.5. The van der Waals surface area contributed by atoms with Gasteiger partial charge in [0.25, 0.3) is 0 Å². The van der Waals surface area contributed by atoms with Crippen molar-refractivity contribution in [1.29, 1.82) is 0 Å². The summed E-state index contributed by atoms with van der Waals surface area (Å²) < 4.78 is 16.5. The third kappa shape index (κ3) is 3.10. The number of rotatable bonds is 3. The van der Waals surface area contributed by atoms with Gasteiger partial charge in [-0.3, -0.25) is 4.79 Å². The Bertz CT molecular complexity index is 873. The smallest absolute Gasteiger partial charge is 0.233 e. The SMILES string of the molecule is Cl.O=C(N1CCC(c2nnc3n2CCNC3)CC1)C1(c2ccccc2F)CC1. The molecular formula is C20H25ClFN5O. The third-order valence-corrected chi connectivity index (χ3v) is 6.35. The van der Waals surface area contributed by atoms with Crippen molar-refractivity contribution in [2.24, 2.45) is 0 Å². The van der Waals surface area contributed by atoms with Gasteiger partial charge in [0.15, 0.2) is 0 Å². The van der Waals surface area contributed by atoms with Crippen molar-refractivity contribution in [3.05, 3.63) is 47.3 Å². The Hall–Kier alpha value is -1.99. The molecule has 0 atom stereocenters. The Labute approximate surface area is 169 Å². The molecule has 2 aromatic rings. The molecule has 3 heterocycles. The number of aromatic nitrogens is 3. The lowest BCUT2D eigenvalue weighted by Crippen LogP contribution is -2.44. The molecule has 0 radical (unpaired) electrons. The Balaban J connectivity index is 0.00000192. The highest BCUT2D eigenvalue weighted by Crippen LogP contribution is 2.51. The van der Waals surface area contributed by atoms with Crippen LogP contribution in [0.3, 0.4) is 0 Å². The molecule has 3 aliphatic rings. The van der Waals surface area contributed by atoms with E-state index in [1.165, 1.54) is 6.07 Å². The molecule has 0 spiro atoms. The van der Waals surface area contributed by atoms with E-state index in [-0.39, 0.29) is 24.1 Å². The van der Waals surface area contributed by atoms with Crippen LogP contribution in [0.15, 0.2) is 24.3 Å². The van der Waals surface area contributed by atoms with Gasteiger partial charge < -0.3 is 14.8 Å². The van der Waals surface area contributed by atoms with Crippen LogP contribution in [0.4, 0.5) is 4.39 Å². The molecule has 1 aromatic carbocycles. The summed E-state index contributed by atoms with van der Waals surface area (Å²) in [5.41, 5.74) is -0.0612. The van der Waals surface area contributed by atoms with E-state index in [0.29, 0.717) is 24.6 Å². The molecule has 1 aliphatic carbocycles. The van der Waals surface area contributed by atoms with Gasteiger partial charge in [-0.1, -0.05) is 18.2 Å². The summed E-state index contributed by atoms with van der Waals surface area (Å²) in [6.07, 6.45) is 3.28. The molecule has 2 fully saturated rings. The average Bonchev–Trinajstić information content (AvgIpc) is 3.40. The number of hydrogen-bond donors (Lipinski definition) is 1. The predicted molar refractivity (Wildman–Crippen MR) is 105 cm³/mol. The molecule has 1 aromatic heterocycles. The zero-order valence-corrected chi connectivity index (χ0v) is 16.6. The van der Waals surface area contributed by atoms with Crippen molar-refractivity contribution in [3.63, 3.8) is 0 Å². The fourth-order valence-corrected chi connectivity index (χ4v) is 4.63. The number of carbonyl (C=O) groups excluding carboxylic acids is 1. The number of nitrogens with one attached hydrogen (secondary N) is 1. The molecule has 2 aliphatic heterocycles. The van der Waals surface area contributed by atoms with Crippen molar-refractivity contribution in [2.75, 3.05) is 19.6 Å². The van der Waals surface area contributed by atoms with Gasteiger partial charge in [-0.25, -0.2) is 4.39 Å². The second kappa shape index (κ2) is 7.44. The zero-order chi connectivity index (χ0) is 18.4. The van der Waals surface area contributed by atoms with Crippen molar-refractivity contribution < 1.29 is 9.18 Å². The molecular weight excluding hydrogens is 381 g/mol. The van der Waals surface area contributed by atoms with Crippen LogP contribution in [0.5, 0.6) is 0 Å². The second-order valence-electron chi connectivity index (χ2n) is 7.93. The van der Waals surface area contributed by atoms with Crippen molar-refractivity contribution >= 4 is 18.3 Å².